The quantitative estimate of drug-likeness (QED) is 0.741. The first-order chi connectivity index (χ1) is 11.3. The molecule has 0 unspecified atom stereocenters. The predicted octanol–water partition coefficient (Wildman–Crippen LogP) is 4.10. The predicted molar refractivity (Wildman–Crippen MR) is 96.6 cm³/mol. The van der Waals surface area contributed by atoms with Gasteiger partial charge < -0.3 is 5.32 Å². The van der Waals surface area contributed by atoms with E-state index in [-0.39, 0.29) is 0 Å². The smallest absolute Gasteiger partial charge is 0.0303 e. The van der Waals surface area contributed by atoms with Crippen LogP contribution in [0.1, 0.15) is 16.7 Å². The first-order valence-electron chi connectivity index (χ1n) is 8.07. The molecule has 2 heteroatoms. The molecule has 0 radical (unpaired) electrons. The second kappa shape index (κ2) is 7.70. The zero-order valence-corrected chi connectivity index (χ0v) is 13.5. The fourth-order valence-electron chi connectivity index (χ4n) is 2.69. The van der Waals surface area contributed by atoms with E-state index in [9.17, 15) is 0 Å². The molecule has 0 bridgehead atoms. The molecule has 116 valence electrons. The third-order valence-corrected chi connectivity index (χ3v) is 4.04. The highest BCUT2D eigenvalue weighted by atomic mass is 14.8. The molecule has 0 aliphatic carbocycles. The molecular formula is C21H22N2. The van der Waals surface area contributed by atoms with Crippen molar-refractivity contribution < 1.29 is 0 Å². The summed E-state index contributed by atoms with van der Waals surface area (Å²) in [5, 5.41) is 3.18. The van der Waals surface area contributed by atoms with E-state index in [0.717, 1.165) is 19.4 Å². The zero-order valence-electron chi connectivity index (χ0n) is 13.5. The van der Waals surface area contributed by atoms with Gasteiger partial charge in [-0.05, 0) is 60.3 Å². The third kappa shape index (κ3) is 4.27. The molecule has 0 atom stereocenters. The van der Waals surface area contributed by atoms with Crippen molar-refractivity contribution in [1.29, 1.82) is 0 Å². The number of likely N-dealkylation sites (N-methyl/N-ethyl adjacent to an activating group) is 1. The topological polar surface area (TPSA) is 24.9 Å². The van der Waals surface area contributed by atoms with E-state index in [0.29, 0.717) is 0 Å². The van der Waals surface area contributed by atoms with Crippen LogP contribution >= 0.6 is 0 Å². The van der Waals surface area contributed by atoms with Crippen LogP contribution in [0.5, 0.6) is 0 Å². The highest BCUT2D eigenvalue weighted by Crippen LogP contribution is 2.21. The Morgan fingerprint density at radius 3 is 2.00 bits per heavy atom. The zero-order chi connectivity index (χ0) is 15.9. The summed E-state index contributed by atoms with van der Waals surface area (Å²) in [5.41, 5.74) is 6.46. The molecule has 0 aliphatic rings. The van der Waals surface area contributed by atoms with E-state index in [1.165, 1.54) is 27.8 Å². The minimum Gasteiger partial charge on any atom is -0.319 e. The summed E-state index contributed by atoms with van der Waals surface area (Å²) < 4.78 is 0. The molecule has 0 saturated carbocycles. The molecule has 1 N–H and O–H groups in total. The summed E-state index contributed by atoms with van der Waals surface area (Å²) >= 11 is 0. The number of aromatic nitrogens is 1. The number of rotatable bonds is 6. The lowest BCUT2D eigenvalue weighted by Gasteiger charge is -2.06. The van der Waals surface area contributed by atoms with Crippen molar-refractivity contribution in [2.24, 2.45) is 0 Å². The van der Waals surface area contributed by atoms with Gasteiger partial charge in [-0.25, -0.2) is 0 Å². The second-order valence-corrected chi connectivity index (χ2v) is 5.79. The molecule has 23 heavy (non-hydrogen) atoms. The Kier molecular flexibility index (Phi) is 5.17. The van der Waals surface area contributed by atoms with Crippen LogP contribution in [0.15, 0.2) is 73.1 Å². The van der Waals surface area contributed by atoms with Gasteiger partial charge in [0.2, 0.25) is 0 Å². The molecule has 1 aromatic heterocycles. The van der Waals surface area contributed by atoms with Gasteiger partial charge in [0, 0.05) is 12.4 Å². The molecule has 0 saturated heterocycles. The van der Waals surface area contributed by atoms with E-state index in [1.54, 1.807) is 0 Å². The molecule has 1 heterocycles. The van der Waals surface area contributed by atoms with Crippen molar-refractivity contribution in [2.45, 2.75) is 12.8 Å². The maximum Gasteiger partial charge on any atom is 0.0303 e. The van der Waals surface area contributed by atoms with Crippen molar-refractivity contribution in [3.63, 3.8) is 0 Å². The minimum atomic E-state index is 0.928. The molecule has 3 aromatic rings. The fraction of sp³-hybridized carbons (Fsp3) is 0.190. The maximum absolute atomic E-state index is 4.17. The van der Waals surface area contributed by atoms with Crippen LogP contribution < -0.4 is 5.32 Å². The van der Waals surface area contributed by atoms with Crippen molar-refractivity contribution in [3.05, 3.63) is 89.7 Å². The molecule has 3 rings (SSSR count). The monoisotopic (exact) mass is 302 g/mol. The number of nitrogens with one attached hydrogen (secondary N) is 1. The van der Waals surface area contributed by atoms with Crippen LogP contribution in [0.3, 0.4) is 0 Å². The van der Waals surface area contributed by atoms with Crippen LogP contribution in [0, 0.1) is 0 Å². The Balaban J connectivity index is 1.69. The number of benzene rings is 2. The van der Waals surface area contributed by atoms with Crippen LogP contribution in [0.25, 0.3) is 11.1 Å². The van der Waals surface area contributed by atoms with Crippen molar-refractivity contribution in [1.82, 2.24) is 10.3 Å². The van der Waals surface area contributed by atoms with Gasteiger partial charge in [0.15, 0.2) is 0 Å². The van der Waals surface area contributed by atoms with E-state index >= 15 is 0 Å². The molecular weight excluding hydrogens is 280 g/mol. The van der Waals surface area contributed by atoms with E-state index < -0.39 is 0 Å². The van der Waals surface area contributed by atoms with Gasteiger partial charge in [-0.2, -0.15) is 0 Å². The summed E-state index contributed by atoms with van der Waals surface area (Å²) in [6.07, 6.45) is 5.74. The molecule has 0 fully saturated rings. The summed E-state index contributed by atoms with van der Waals surface area (Å²) in [5.74, 6) is 0. The highest BCUT2D eigenvalue weighted by molar-refractivity contribution is 5.64. The molecule has 0 amide bonds. The lowest BCUT2D eigenvalue weighted by molar-refractivity contribution is 0.792. The number of hydrogen-bond acceptors (Lipinski definition) is 2. The van der Waals surface area contributed by atoms with Crippen molar-refractivity contribution in [2.75, 3.05) is 13.6 Å². The minimum absolute atomic E-state index is 0.928. The van der Waals surface area contributed by atoms with Crippen molar-refractivity contribution >= 4 is 0 Å². The summed E-state index contributed by atoms with van der Waals surface area (Å²) in [4.78, 5) is 4.17. The lowest BCUT2D eigenvalue weighted by Crippen LogP contribution is -2.10. The first-order valence-corrected chi connectivity index (χ1v) is 8.07. The Morgan fingerprint density at radius 1 is 0.783 bits per heavy atom. The largest absolute Gasteiger partial charge is 0.319 e. The Hall–Kier alpha value is -2.45. The average molecular weight is 302 g/mol. The summed E-state index contributed by atoms with van der Waals surface area (Å²) in [6.45, 7) is 1.02. The van der Waals surface area contributed by atoms with Gasteiger partial charge in [0.1, 0.15) is 0 Å². The summed E-state index contributed by atoms with van der Waals surface area (Å²) in [7, 11) is 1.99. The van der Waals surface area contributed by atoms with E-state index in [2.05, 4.69) is 64.9 Å². The average Bonchev–Trinajstić information content (AvgIpc) is 2.62. The fourth-order valence-corrected chi connectivity index (χ4v) is 2.69. The summed E-state index contributed by atoms with van der Waals surface area (Å²) in [6, 6.07) is 21.8. The molecule has 2 aromatic carbocycles. The van der Waals surface area contributed by atoms with Gasteiger partial charge in [-0.3, -0.25) is 4.98 Å². The van der Waals surface area contributed by atoms with Crippen molar-refractivity contribution in [3.8, 4) is 11.1 Å². The van der Waals surface area contributed by atoms with Crippen LogP contribution in [-0.2, 0) is 12.8 Å². The molecule has 0 spiro atoms. The van der Waals surface area contributed by atoms with Gasteiger partial charge in [0.25, 0.3) is 0 Å². The van der Waals surface area contributed by atoms with Gasteiger partial charge >= 0.3 is 0 Å². The van der Waals surface area contributed by atoms with Gasteiger partial charge in [-0.15, -0.1) is 0 Å². The Bertz CT molecular complexity index is 716. The normalized spacial score (nSPS) is 10.7. The van der Waals surface area contributed by atoms with Crippen LogP contribution in [0.4, 0.5) is 0 Å². The number of hydrogen-bond donors (Lipinski definition) is 1. The highest BCUT2D eigenvalue weighted by Gasteiger charge is 2.00. The Morgan fingerprint density at radius 2 is 1.43 bits per heavy atom. The van der Waals surface area contributed by atoms with E-state index in [1.807, 2.05) is 25.5 Å². The second-order valence-electron chi connectivity index (χ2n) is 5.79. The van der Waals surface area contributed by atoms with E-state index in [4.69, 9.17) is 0 Å². The molecule has 0 aliphatic heterocycles. The number of pyridine rings is 1. The SMILES string of the molecule is CNCCc1ccc(-c2ccc(Cc3cccnc3)cc2)cc1. The van der Waals surface area contributed by atoms with Crippen LogP contribution in [-0.4, -0.2) is 18.6 Å². The third-order valence-electron chi connectivity index (χ3n) is 4.04. The van der Waals surface area contributed by atoms with Crippen LogP contribution in [0.2, 0.25) is 0 Å². The number of nitrogens with zero attached hydrogens (tertiary/aromatic N) is 1. The lowest BCUT2D eigenvalue weighted by atomic mass is 10.00. The molecule has 2 nitrogen and oxygen atoms in total. The Labute approximate surface area is 138 Å². The standard InChI is InChI=1S/C21H22N2/c1-22-14-12-17-4-8-20(9-5-17)21-10-6-18(7-11-21)15-19-3-2-13-23-16-19/h2-11,13,16,22H,12,14-15H2,1H3. The first kappa shape index (κ1) is 15.4. The van der Waals surface area contributed by atoms with Gasteiger partial charge in [-0.1, -0.05) is 54.6 Å². The maximum atomic E-state index is 4.17. The van der Waals surface area contributed by atoms with Gasteiger partial charge in [0.05, 0.1) is 0 Å².